The van der Waals surface area contributed by atoms with E-state index in [0.29, 0.717) is 5.76 Å². The number of pyridine rings is 1. The number of amides is 2. The molecule has 2 rings (SSSR count). The molecule has 0 spiro atoms. The van der Waals surface area contributed by atoms with Crippen LogP contribution in [0.2, 0.25) is 0 Å². The van der Waals surface area contributed by atoms with Crippen LogP contribution >= 0.6 is 0 Å². The molecular formula is C14H12N2O4. The summed E-state index contributed by atoms with van der Waals surface area (Å²) in [6, 6.07) is 5.94. The van der Waals surface area contributed by atoms with Crippen LogP contribution in [0.3, 0.4) is 0 Å². The van der Waals surface area contributed by atoms with E-state index in [1.54, 1.807) is 19.1 Å². The van der Waals surface area contributed by atoms with Crippen LogP contribution in [0, 0.1) is 13.8 Å². The Bertz CT molecular complexity index is 720. The number of hydrogen-bond donors (Lipinski definition) is 1. The van der Waals surface area contributed by atoms with Crippen molar-refractivity contribution >= 4 is 11.8 Å². The van der Waals surface area contributed by atoms with Crippen LogP contribution in [0.15, 0.2) is 39.7 Å². The number of aryl methyl sites for hydroxylation is 2. The van der Waals surface area contributed by atoms with Gasteiger partial charge < -0.3 is 4.42 Å². The maximum absolute atomic E-state index is 12.0. The average Bonchev–Trinajstić information content (AvgIpc) is 2.38. The predicted octanol–water partition coefficient (Wildman–Crippen LogP) is 1.22. The fourth-order valence-electron chi connectivity index (χ4n) is 1.75. The third-order valence-electron chi connectivity index (χ3n) is 2.60. The molecule has 0 aliphatic heterocycles. The Hall–Kier alpha value is -2.76. The van der Waals surface area contributed by atoms with Crippen molar-refractivity contribution in [2.75, 3.05) is 0 Å². The van der Waals surface area contributed by atoms with E-state index in [4.69, 9.17) is 4.42 Å². The number of hydrogen-bond acceptors (Lipinski definition) is 5. The zero-order valence-corrected chi connectivity index (χ0v) is 11.0. The Morgan fingerprint density at radius 3 is 2.55 bits per heavy atom. The topological polar surface area (TPSA) is 89.3 Å². The lowest BCUT2D eigenvalue weighted by molar-refractivity contribution is 0.0844. The largest absolute Gasteiger partial charge is 0.466 e. The van der Waals surface area contributed by atoms with Crippen molar-refractivity contribution in [3.63, 3.8) is 0 Å². The second kappa shape index (κ2) is 5.48. The Kier molecular flexibility index (Phi) is 3.74. The molecule has 2 amide bonds. The maximum Gasteiger partial charge on any atom is 0.276 e. The summed E-state index contributed by atoms with van der Waals surface area (Å²) < 4.78 is 5.21. The Morgan fingerprint density at radius 2 is 1.95 bits per heavy atom. The number of rotatable bonds is 2. The van der Waals surface area contributed by atoms with Crippen LogP contribution < -0.4 is 10.7 Å². The van der Waals surface area contributed by atoms with Crippen LogP contribution in [0.1, 0.15) is 32.4 Å². The standard InChI is InChI=1S/C14H12N2O4/c1-8-7-11(17)12(9(2)20-8)14(19)16-13(18)10-5-3-4-6-15-10/h3-7H,1-2H3,(H,16,18,19). The summed E-state index contributed by atoms with van der Waals surface area (Å²) in [6.07, 6.45) is 1.44. The van der Waals surface area contributed by atoms with Gasteiger partial charge in [0.25, 0.3) is 11.8 Å². The van der Waals surface area contributed by atoms with Crippen LogP contribution in [0.4, 0.5) is 0 Å². The Balaban J connectivity index is 2.26. The van der Waals surface area contributed by atoms with Crippen molar-refractivity contribution in [1.29, 1.82) is 0 Å². The highest BCUT2D eigenvalue weighted by atomic mass is 16.3. The summed E-state index contributed by atoms with van der Waals surface area (Å²) in [5.41, 5.74) is -0.576. The van der Waals surface area contributed by atoms with Gasteiger partial charge in [0.2, 0.25) is 0 Å². The number of imide groups is 1. The van der Waals surface area contributed by atoms with Crippen molar-refractivity contribution < 1.29 is 14.0 Å². The summed E-state index contributed by atoms with van der Waals surface area (Å²) >= 11 is 0. The van der Waals surface area contributed by atoms with Gasteiger partial charge in [-0.15, -0.1) is 0 Å². The molecule has 2 heterocycles. The van der Waals surface area contributed by atoms with Gasteiger partial charge in [-0.05, 0) is 26.0 Å². The SMILES string of the molecule is Cc1cc(=O)c(C(=O)NC(=O)c2ccccn2)c(C)o1. The molecule has 0 bridgehead atoms. The summed E-state index contributed by atoms with van der Waals surface area (Å²) in [5, 5.41) is 2.11. The molecule has 0 saturated carbocycles. The number of nitrogens with zero attached hydrogens (tertiary/aromatic N) is 1. The molecule has 0 aromatic carbocycles. The lowest BCUT2D eigenvalue weighted by Crippen LogP contribution is -2.34. The van der Waals surface area contributed by atoms with Crippen LogP contribution in [0.25, 0.3) is 0 Å². The van der Waals surface area contributed by atoms with Crippen LogP contribution in [-0.4, -0.2) is 16.8 Å². The molecule has 6 heteroatoms. The molecular weight excluding hydrogens is 260 g/mol. The second-order valence-electron chi connectivity index (χ2n) is 4.15. The van der Waals surface area contributed by atoms with Gasteiger partial charge in [0, 0.05) is 12.3 Å². The minimum absolute atomic E-state index is 0.0926. The molecule has 2 aromatic rings. The minimum Gasteiger partial charge on any atom is -0.466 e. The molecule has 102 valence electrons. The van der Waals surface area contributed by atoms with E-state index in [1.807, 2.05) is 0 Å². The number of aromatic nitrogens is 1. The number of carbonyl (C=O) groups excluding carboxylic acids is 2. The van der Waals surface area contributed by atoms with Gasteiger partial charge in [0.05, 0.1) is 0 Å². The molecule has 2 aromatic heterocycles. The van der Waals surface area contributed by atoms with Gasteiger partial charge in [-0.25, -0.2) is 0 Å². The first-order chi connectivity index (χ1) is 9.49. The van der Waals surface area contributed by atoms with E-state index in [-0.39, 0.29) is 17.0 Å². The zero-order chi connectivity index (χ0) is 14.7. The molecule has 0 atom stereocenters. The lowest BCUT2D eigenvalue weighted by Gasteiger charge is -2.05. The quantitative estimate of drug-likeness (QED) is 0.830. The first kappa shape index (κ1) is 13.7. The number of carbonyl (C=O) groups is 2. The zero-order valence-electron chi connectivity index (χ0n) is 11.0. The van der Waals surface area contributed by atoms with Gasteiger partial charge >= 0.3 is 0 Å². The second-order valence-corrected chi connectivity index (χ2v) is 4.15. The van der Waals surface area contributed by atoms with E-state index >= 15 is 0 Å². The van der Waals surface area contributed by atoms with Crippen molar-refractivity contribution in [3.05, 3.63) is 63.5 Å². The van der Waals surface area contributed by atoms with Gasteiger partial charge in [-0.3, -0.25) is 24.7 Å². The van der Waals surface area contributed by atoms with E-state index in [9.17, 15) is 14.4 Å². The molecule has 0 aliphatic carbocycles. The minimum atomic E-state index is -0.799. The summed E-state index contributed by atoms with van der Waals surface area (Å²) in [7, 11) is 0. The molecule has 0 saturated heterocycles. The highest BCUT2D eigenvalue weighted by Gasteiger charge is 2.19. The fraction of sp³-hybridized carbons (Fsp3) is 0.143. The number of nitrogens with one attached hydrogen (secondary N) is 1. The summed E-state index contributed by atoms with van der Waals surface area (Å²) in [5.74, 6) is -0.900. The molecule has 0 fully saturated rings. The molecule has 0 aliphatic rings. The predicted molar refractivity (Wildman–Crippen MR) is 70.5 cm³/mol. The van der Waals surface area contributed by atoms with Crippen LogP contribution in [0.5, 0.6) is 0 Å². The first-order valence-corrected chi connectivity index (χ1v) is 5.87. The monoisotopic (exact) mass is 272 g/mol. The van der Waals surface area contributed by atoms with Crippen molar-refractivity contribution in [1.82, 2.24) is 10.3 Å². The Morgan fingerprint density at radius 1 is 1.20 bits per heavy atom. The van der Waals surface area contributed by atoms with Gasteiger partial charge in [-0.1, -0.05) is 6.07 Å². The molecule has 0 unspecified atom stereocenters. The van der Waals surface area contributed by atoms with E-state index in [1.165, 1.54) is 25.3 Å². The van der Waals surface area contributed by atoms with Gasteiger partial charge in [0.1, 0.15) is 22.8 Å². The van der Waals surface area contributed by atoms with Gasteiger partial charge in [-0.2, -0.15) is 0 Å². The first-order valence-electron chi connectivity index (χ1n) is 5.87. The van der Waals surface area contributed by atoms with Crippen LogP contribution in [-0.2, 0) is 0 Å². The summed E-state index contributed by atoms with van der Waals surface area (Å²) in [4.78, 5) is 39.3. The van der Waals surface area contributed by atoms with Crippen molar-refractivity contribution in [2.45, 2.75) is 13.8 Å². The third-order valence-corrected chi connectivity index (χ3v) is 2.60. The molecule has 0 radical (unpaired) electrons. The Labute approximate surface area is 114 Å². The lowest BCUT2D eigenvalue weighted by atomic mass is 10.2. The third kappa shape index (κ3) is 2.80. The molecule has 20 heavy (non-hydrogen) atoms. The van der Waals surface area contributed by atoms with Gasteiger partial charge in [0.15, 0.2) is 5.43 Å². The fourth-order valence-corrected chi connectivity index (χ4v) is 1.75. The van der Waals surface area contributed by atoms with E-state index in [0.717, 1.165) is 0 Å². The normalized spacial score (nSPS) is 10.1. The smallest absolute Gasteiger partial charge is 0.276 e. The van der Waals surface area contributed by atoms with E-state index in [2.05, 4.69) is 10.3 Å². The highest BCUT2D eigenvalue weighted by molar-refractivity contribution is 6.09. The average molecular weight is 272 g/mol. The van der Waals surface area contributed by atoms with Crippen molar-refractivity contribution in [2.24, 2.45) is 0 Å². The molecule has 6 nitrogen and oxygen atoms in total. The highest BCUT2D eigenvalue weighted by Crippen LogP contribution is 2.06. The molecule has 1 N–H and O–H groups in total. The van der Waals surface area contributed by atoms with Crippen molar-refractivity contribution in [3.8, 4) is 0 Å². The summed E-state index contributed by atoms with van der Waals surface area (Å²) in [6.45, 7) is 3.10. The van der Waals surface area contributed by atoms with E-state index < -0.39 is 17.2 Å². The maximum atomic E-state index is 12.0.